The van der Waals surface area contributed by atoms with Gasteiger partial charge >= 0.3 is 0 Å². The number of halogens is 1. The van der Waals surface area contributed by atoms with Crippen LogP contribution < -0.4 is 5.32 Å². The molecule has 0 aliphatic rings. The normalized spacial score (nSPS) is 11.4. The molecule has 0 spiro atoms. The fraction of sp³-hybridized carbons (Fsp3) is 0.263. The van der Waals surface area contributed by atoms with Gasteiger partial charge in [0.05, 0.1) is 4.90 Å². The van der Waals surface area contributed by atoms with Gasteiger partial charge < -0.3 is 5.32 Å². The minimum absolute atomic E-state index is 0.110. The monoisotopic (exact) mass is 408 g/mol. The SMILES string of the molecule is CC(=O)c1ccc(S(=O)(=O)N(C)CCCC(=O)Nc2cccc(Cl)c2)cc1. The number of carbonyl (C=O) groups is 2. The van der Waals surface area contributed by atoms with E-state index in [0.717, 1.165) is 0 Å². The lowest BCUT2D eigenvalue weighted by molar-refractivity contribution is -0.116. The Balaban J connectivity index is 1.89. The third-order valence-corrected chi connectivity index (χ3v) is 6.06. The Kier molecular flexibility index (Phi) is 7.12. The van der Waals surface area contributed by atoms with Gasteiger partial charge in [0, 0.05) is 36.3 Å². The molecule has 0 fully saturated rings. The summed E-state index contributed by atoms with van der Waals surface area (Å²) in [4.78, 5) is 23.4. The average Bonchev–Trinajstić information content (AvgIpc) is 2.61. The lowest BCUT2D eigenvalue weighted by atomic mass is 10.2. The van der Waals surface area contributed by atoms with E-state index in [2.05, 4.69) is 5.32 Å². The second-order valence-corrected chi connectivity index (χ2v) is 8.55. The number of Topliss-reactive ketones (excluding diaryl/α,β-unsaturated/α-hetero) is 1. The molecular weight excluding hydrogens is 388 g/mol. The molecule has 27 heavy (non-hydrogen) atoms. The fourth-order valence-electron chi connectivity index (χ4n) is 2.41. The van der Waals surface area contributed by atoms with Crippen LogP contribution in [0, 0.1) is 0 Å². The van der Waals surface area contributed by atoms with E-state index in [-0.39, 0.29) is 29.6 Å². The first kappa shape index (κ1) is 21.1. The topological polar surface area (TPSA) is 83.6 Å². The third-order valence-electron chi connectivity index (χ3n) is 3.95. The Morgan fingerprint density at radius 1 is 1.11 bits per heavy atom. The van der Waals surface area contributed by atoms with Crippen LogP contribution >= 0.6 is 11.6 Å². The average molecular weight is 409 g/mol. The summed E-state index contributed by atoms with van der Waals surface area (Å²) in [5.74, 6) is -0.341. The zero-order chi connectivity index (χ0) is 20.0. The van der Waals surface area contributed by atoms with Crippen molar-refractivity contribution in [2.24, 2.45) is 0 Å². The van der Waals surface area contributed by atoms with Crippen molar-refractivity contribution in [3.05, 3.63) is 59.1 Å². The van der Waals surface area contributed by atoms with Gasteiger partial charge in [0.1, 0.15) is 0 Å². The molecule has 2 aromatic rings. The van der Waals surface area contributed by atoms with Crippen LogP contribution in [0.25, 0.3) is 0 Å². The Bertz CT molecular complexity index is 927. The highest BCUT2D eigenvalue weighted by molar-refractivity contribution is 7.89. The number of rotatable bonds is 8. The van der Waals surface area contributed by atoms with Crippen molar-refractivity contribution >= 4 is 39.0 Å². The van der Waals surface area contributed by atoms with Crippen LogP contribution in [0.2, 0.25) is 5.02 Å². The number of carbonyl (C=O) groups excluding carboxylic acids is 2. The molecule has 2 rings (SSSR count). The smallest absolute Gasteiger partial charge is 0.242 e. The van der Waals surface area contributed by atoms with E-state index in [1.165, 1.54) is 42.5 Å². The molecule has 0 atom stereocenters. The molecule has 6 nitrogen and oxygen atoms in total. The van der Waals surface area contributed by atoms with E-state index in [1.807, 2.05) is 0 Å². The Hall–Kier alpha value is -2.22. The van der Waals surface area contributed by atoms with Gasteiger partial charge in [-0.2, -0.15) is 0 Å². The maximum absolute atomic E-state index is 12.5. The standard InChI is InChI=1S/C19H21ClN2O4S/c1-14(23)15-8-10-18(11-9-15)27(25,26)22(2)12-4-7-19(24)21-17-6-3-5-16(20)13-17/h3,5-6,8-11,13H,4,7,12H2,1-2H3,(H,21,24). The van der Waals surface area contributed by atoms with Crippen LogP contribution in [-0.2, 0) is 14.8 Å². The highest BCUT2D eigenvalue weighted by Crippen LogP contribution is 2.17. The van der Waals surface area contributed by atoms with Crippen molar-refractivity contribution in [1.29, 1.82) is 0 Å². The molecule has 8 heteroatoms. The van der Waals surface area contributed by atoms with Crippen molar-refractivity contribution in [1.82, 2.24) is 4.31 Å². The van der Waals surface area contributed by atoms with Gasteiger partial charge in [-0.25, -0.2) is 12.7 Å². The van der Waals surface area contributed by atoms with Crippen molar-refractivity contribution in [2.75, 3.05) is 18.9 Å². The van der Waals surface area contributed by atoms with Crippen LogP contribution in [-0.4, -0.2) is 38.0 Å². The summed E-state index contributed by atoms with van der Waals surface area (Å²) in [5.41, 5.74) is 1.05. The highest BCUT2D eigenvalue weighted by Gasteiger charge is 2.20. The summed E-state index contributed by atoms with van der Waals surface area (Å²) < 4.78 is 26.3. The van der Waals surface area contributed by atoms with Gasteiger partial charge in [-0.15, -0.1) is 0 Å². The quantitative estimate of drug-likeness (QED) is 0.676. The summed E-state index contributed by atoms with van der Waals surface area (Å²) in [6, 6.07) is 12.6. The molecule has 0 bridgehead atoms. The number of ketones is 1. The van der Waals surface area contributed by atoms with Crippen molar-refractivity contribution < 1.29 is 18.0 Å². The first-order chi connectivity index (χ1) is 12.7. The van der Waals surface area contributed by atoms with Crippen LogP contribution in [0.15, 0.2) is 53.4 Å². The molecule has 0 saturated heterocycles. The van der Waals surface area contributed by atoms with Crippen LogP contribution in [0.4, 0.5) is 5.69 Å². The predicted molar refractivity (Wildman–Crippen MR) is 106 cm³/mol. The first-order valence-corrected chi connectivity index (χ1v) is 10.1. The van der Waals surface area contributed by atoms with Crippen LogP contribution in [0.3, 0.4) is 0 Å². The molecule has 0 aromatic heterocycles. The minimum atomic E-state index is -3.67. The molecule has 1 N–H and O–H groups in total. The largest absolute Gasteiger partial charge is 0.326 e. The van der Waals surface area contributed by atoms with Crippen molar-refractivity contribution in [2.45, 2.75) is 24.7 Å². The molecule has 2 aromatic carbocycles. The number of anilines is 1. The summed E-state index contributed by atoms with van der Waals surface area (Å²) in [7, 11) is -2.21. The zero-order valence-electron chi connectivity index (χ0n) is 15.1. The predicted octanol–water partition coefficient (Wildman–Crippen LogP) is 3.58. The number of nitrogens with one attached hydrogen (secondary N) is 1. The Labute approximate surface area is 164 Å². The van der Waals surface area contributed by atoms with Gasteiger partial charge in [-0.05, 0) is 43.7 Å². The molecule has 0 unspecified atom stereocenters. The molecule has 0 aliphatic carbocycles. The number of sulfonamides is 1. The number of hydrogen-bond donors (Lipinski definition) is 1. The number of hydrogen-bond acceptors (Lipinski definition) is 4. The van der Waals surface area contributed by atoms with Gasteiger partial charge in [0.25, 0.3) is 0 Å². The second kappa shape index (κ2) is 9.12. The summed E-state index contributed by atoms with van der Waals surface area (Å²) in [6.45, 7) is 1.61. The van der Waals surface area contributed by atoms with Gasteiger partial charge in [-0.1, -0.05) is 29.8 Å². The van der Waals surface area contributed by atoms with Crippen molar-refractivity contribution in [3.8, 4) is 0 Å². The summed E-state index contributed by atoms with van der Waals surface area (Å²) in [6.07, 6.45) is 0.545. The number of nitrogens with zero attached hydrogens (tertiary/aromatic N) is 1. The fourth-order valence-corrected chi connectivity index (χ4v) is 3.81. The van der Waals surface area contributed by atoms with Gasteiger partial charge in [-0.3, -0.25) is 9.59 Å². The number of amides is 1. The molecule has 0 aliphatic heterocycles. The first-order valence-electron chi connectivity index (χ1n) is 8.33. The van der Waals surface area contributed by atoms with Crippen LogP contribution in [0.1, 0.15) is 30.1 Å². The number of benzene rings is 2. The summed E-state index contributed by atoms with van der Waals surface area (Å²) >= 11 is 5.87. The zero-order valence-corrected chi connectivity index (χ0v) is 16.7. The van der Waals surface area contributed by atoms with E-state index in [1.54, 1.807) is 24.3 Å². The molecule has 144 valence electrons. The third kappa shape index (κ3) is 5.89. The van der Waals surface area contributed by atoms with E-state index >= 15 is 0 Å². The maximum atomic E-state index is 12.5. The molecular formula is C19H21ClN2O4S. The maximum Gasteiger partial charge on any atom is 0.242 e. The van der Waals surface area contributed by atoms with Crippen molar-refractivity contribution in [3.63, 3.8) is 0 Å². The second-order valence-electron chi connectivity index (χ2n) is 6.07. The van der Waals surface area contributed by atoms with Gasteiger partial charge in [0.15, 0.2) is 5.78 Å². The summed E-state index contributed by atoms with van der Waals surface area (Å²) in [5, 5.41) is 3.24. The molecule has 0 radical (unpaired) electrons. The molecule has 1 amide bonds. The minimum Gasteiger partial charge on any atom is -0.326 e. The van der Waals surface area contributed by atoms with E-state index < -0.39 is 10.0 Å². The Morgan fingerprint density at radius 2 is 1.78 bits per heavy atom. The van der Waals surface area contributed by atoms with E-state index in [4.69, 9.17) is 11.6 Å². The highest BCUT2D eigenvalue weighted by atomic mass is 35.5. The van der Waals surface area contributed by atoms with E-state index in [0.29, 0.717) is 22.7 Å². The molecule has 0 saturated carbocycles. The molecule has 0 heterocycles. The lowest BCUT2D eigenvalue weighted by Gasteiger charge is -2.17. The lowest BCUT2D eigenvalue weighted by Crippen LogP contribution is -2.28. The van der Waals surface area contributed by atoms with Crippen LogP contribution in [0.5, 0.6) is 0 Å². The Morgan fingerprint density at radius 3 is 2.37 bits per heavy atom. The van der Waals surface area contributed by atoms with E-state index in [9.17, 15) is 18.0 Å². The van der Waals surface area contributed by atoms with Gasteiger partial charge in [0.2, 0.25) is 15.9 Å².